The van der Waals surface area contributed by atoms with Gasteiger partial charge < -0.3 is 19.4 Å². The van der Waals surface area contributed by atoms with Gasteiger partial charge >= 0.3 is 0 Å². The minimum Gasteiger partial charge on any atom is -0.475 e. The molecule has 0 aromatic carbocycles. The zero-order valence-electron chi connectivity index (χ0n) is 17.5. The van der Waals surface area contributed by atoms with Crippen molar-refractivity contribution in [2.75, 3.05) is 20.3 Å². The molecule has 0 aliphatic carbocycles. The van der Waals surface area contributed by atoms with E-state index in [1.807, 2.05) is 32.0 Å². The first kappa shape index (κ1) is 22.2. The summed E-state index contributed by atoms with van der Waals surface area (Å²) in [7, 11) is 1.61. The van der Waals surface area contributed by atoms with Crippen LogP contribution >= 0.6 is 0 Å². The summed E-state index contributed by atoms with van der Waals surface area (Å²) in [6.07, 6.45) is 4.31. The maximum atomic E-state index is 12.5. The lowest BCUT2D eigenvalue weighted by atomic mass is 10.1. The number of carbonyl (C=O) groups excluding carboxylic acids is 1. The fourth-order valence-corrected chi connectivity index (χ4v) is 2.95. The second-order valence-corrected chi connectivity index (χ2v) is 6.68. The Morgan fingerprint density at radius 2 is 2.14 bits per heavy atom. The Bertz CT molecular complexity index is 892. The number of hydrogen-bond acceptors (Lipinski definition) is 5. The second-order valence-electron chi connectivity index (χ2n) is 6.68. The number of nitrogens with one attached hydrogen (secondary N) is 1. The van der Waals surface area contributed by atoms with Crippen LogP contribution in [0.5, 0.6) is 5.88 Å². The zero-order chi connectivity index (χ0) is 21.2. The maximum absolute atomic E-state index is 12.5. The van der Waals surface area contributed by atoms with Gasteiger partial charge in [0.25, 0.3) is 5.91 Å². The SMILES string of the molecule is CCCn1c(C)cc(/C=C(/C#N)C(=O)NCc2ccc(OCCOC)nc2)c1C. The quantitative estimate of drug-likeness (QED) is 0.379. The Morgan fingerprint density at radius 3 is 2.76 bits per heavy atom. The number of methoxy groups -OCH3 is 1. The minimum absolute atomic E-state index is 0.0780. The van der Waals surface area contributed by atoms with Crippen molar-refractivity contribution in [2.24, 2.45) is 0 Å². The molecule has 0 saturated carbocycles. The molecule has 1 amide bonds. The van der Waals surface area contributed by atoms with Crippen LogP contribution in [-0.2, 0) is 22.6 Å². The lowest BCUT2D eigenvalue weighted by molar-refractivity contribution is -0.117. The van der Waals surface area contributed by atoms with Crippen LogP contribution < -0.4 is 10.1 Å². The van der Waals surface area contributed by atoms with Gasteiger partial charge in [-0.1, -0.05) is 13.0 Å². The van der Waals surface area contributed by atoms with Crippen molar-refractivity contribution in [2.45, 2.75) is 40.3 Å². The number of aryl methyl sites for hydroxylation is 1. The molecule has 0 aliphatic rings. The normalized spacial score (nSPS) is 11.2. The monoisotopic (exact) mass is 396 g/mol. The molecular formula is C22H28N4O3. The van der Waals surface area contributed by atoms with Crippen molar-refractivity contribution < 1.29 is 14.3 Å². The summed E-state index contributed by atoms with van der Waals surface area (Å²) >= 11 is 0. The highest BCUT2D eigenvalue weighted by Crippen LogP contribution is 2.19. The summed E-state index contributed by atoms with van der Waals surface area (Å²) in [6, 6.07) is 7.57. The van der Waals surface area contributed by atoms with Gasteiger partial charge in [0, 0.05) is 43.9 Å². The Labute approximate surface area is 172 Å². The molecule has 2 heterocycles. The first-order chi connectivity index (χ1) is 14.0. The van der Waals surface area contributed by atoms with Gasteiger partial charge in [-0.25, -0.2) is 4.98 Å². The van der Waals surface area contributed by atoms with Crippen LogP contribution in [0.2, 0.25) is 0 Å². The van der Waals surface area contributed by atoms with Gasteiger partial charge in [-0.15, -0.1) is 0 Å². The molecule has 0 bridgehead atoms. The van der Waals surface area contributed by atoms with Gasteiger partial charge in [-0.2, -0.15) is 5.26 Å². The van der Waals surface area contributed by atoms with Crippen molar-refractivity contribution in [3.05, 3.63) is 52.5 Å². The van der Waals surface area contributed by atoms with E-state index in [4.69, 9.17) is 9.47 Å². The molecule has 1 N–H and O–H groups in total. The highest BCUT2D eigenvalue weighted by atomic mass is 16.5. The van der Waals surface area contributed by atoms with Gasteiger partial charge in [0.15, 0.2) is 0 Å². The van der Waals surface area contributed by atoms with E-state index in [0.29, 0.717) is 19.1 Å². The van der Waals surface area contributed by atoms with E-state index >= 15 is 0 Å². The number of rotatable bonds is 10. The van der Waals surface area contributed by atoms with Crippen molar-refractivity contribution in [1.82, 2.24) is 14.9 Å². The molecular weight excluding hydrogens is 368 g/mol. The average molecular weight is 396 g/mol. The average Bonchev–Trinajstić information content (AvgIpc) is 2.99. The fourth-order valence-electron chi connectivity index (χ4n) is 2.95. The molecule has 154 valence electrons. The summed E-state index contributed by atoms with van der Waals surface area (Å²) < 4.78 is 12.5. The van der Waals surface area contributed by atoms with Crippen LogP contribution in [0.4, 0.5) is 0 Å². The third kappa shape index (κ3) is 6.19. The van der Waals surface area contributed by atoms with E-state index in [1.54, 1.807) is 25.4 Å². The molecule has 0 atom stereocenters. The Morgan fingerprint density at radius 1 is 1.34 bits per heavy atom. The van der Waals surface area contributed by atoms with Gasteiger partial charge in [-0.05, 0) is 43.5 Å². The number of aromatic nitrogens is 2. The highest BCUT2D eigenvalue weighted by molar-refractivity contribution is 6.01. The third-order valence-corrected chi connectivity index (χ3v) is 4.51. The summed E-state index contributed by atoms with van der Waals surface area (Å²) in [5.41, 5.74) is 3.96. The van der Waals surface area contributed by atoms with Gasteiger partial charge in [0.1, 0.15) is 18.2 Å². The van der Waals surface area contributed by atoms with E-state index < -0.39 is 5.91 Å². The molecule has 0 unspecified atom stereocenters. The van der Waals surface area contributed by atoms with Crippen LogP contribution in [0, 0.1) is 25.2 Å². The van der Waals surface area contributed by atoms with Crippen molar-refractivity contribution in [1.29, 1.82) is 5.26 Å². The summed E-state index contributed by atoms with van der Waals surface area (Å²) in [5, 5.41) is 12.2. The highest BCUT2D eigenvalue weighted by Gasteiger charge is 2.12. The topological polar surface area (TPSA) is 89.2 Å². The number of nitrogens with zero attached hydrogens (tertiary/aromatic N) is 3. The van der Waals surface area contributed by atoms with Crippen LogP contribution in [0.15, 0.2) is 30.0 Å². The Kier molecular flexibility index (Phi) is 8.44. The summed E-state index contributed by atoms with van der Waals surface area (Å²) in [6.45, 7) is 8.26. The van der Waals surface area contributed by atoms with Crippen LogP contribution in [-0.4, -0.2) is 35.8 Å². The van der Waals surface area contributed by atoms with Gasteiger partial charge in [-0.3, -0.25) is 4.79 Å². The first-order valence-electron chi connectivity index (χ1n) is 9.63. The van der Waals surface area contributed by atoms with Crippen molar-refractivity contribution in [3.63, 3.8) is 0 Å². The smallest absolute Gasteiger partial charge is 0.262 e. The number of pyridine rings is 1. The van der Waals surface area contributed by atoms with E-state index in [1.165, 1.54) is 0 Å². The molecule has 0 fully saturated rings. The number of amides is 1. The molecule has 0 radical (unpaired) electrons. The fraction of sp³-hybridized carbons (Fsp3) is 0.409. The molecule has 7 nitrogen and oxygen atoms in total. The molecule has 2 aromatic heterocycles. The Hall–Kier alpha value is -3.11. The lowest BCUT2D eigenvalue weighted by Crippen LogP contribution is -2.24. The lowest BCUT2D eigenvalue weighted by Gasteiger charge is -2.08. The van der Waals surface area contributed by atoms with Crippen LogP contribution in [0.1, 0.15) is 35.9 Å². The molecule has 7 heteroatoms. The molecule has 0 aliphatic heterocycles. The number of nitriles is 1. The maximum Gasteiger partial charge on any atom is 0.262 e. The van der Waals surface area contributed by atoms with E-state index in [0.717, 1.165) is 35.5 Å². The number of hydrogen-bond donors (Lipinski definition) is 1. The Balaban J connectivity index is 2.01. The standard InChI is InChI=1S/C22H28N4O3/c1-5-8-26-16(2)11-19(17(26)3)12-20(13-23)22(27)25-15-18-6-7-21(24-14-18)29-10-9-28-4/h6-7,11-12,14H,5,8-10,15H2,1-4H3,(H,25,27)/b20-12-. The molecule has 2 aromatic rings. The molecule has 2 rings (SSSR count). The van der Waals surface area contributed by atoms with Crippen LogP contribution in [0.25, 0.3) is 6.08 Å². The zero-order valence-corrected chi connectivity index (χ0v) is 17.5. The summed E-state index contributed by atoms with van der Waals surface area (Å²) in [5.74, 6) is 0.0883. The molecule has 0 saturated heterocycles. The number of carbonyl (C=O) groups is 1. The van der Waals surface area contributed by atoms with Gasteiger partial charge in [0.2, 0.25) is 5.88 Å². The van der Waals surface area contributed by atoms with Crippen molar-refractivity contribution in [3.8, 4) is 11.9 Å². The molecule has 0 spiro atoms. The number of ether oxygens (including phenoxy) is 2. The largest absolute Gasteiger partial charge is 0.475 e. The summed E-state index contributed by atoms with van der Waals surface area (Å²) in [4.78, 5) is 16.6. The second kappa shape index (κ2) is 11.0. The van der Waals surface area contributed by atoms with Crippen molar-refractivity contribution >= 4 is 12.0 Å². The predicted molar refractivity (Wildman–Crippen MR) is 111 cm³/mol. The predicted octanol–water partition coefficient (Wildman–Crippen LogP) is 3.16. The van der Waals surface area contributed by atoms with E-state index in [2.05, 4.69) is 21.8 Å². The third-order valence-electron chi connectivity index (χ3n) is 4.51. The minimum atomic E-state index is -0.409. The molecule has 29 heavy (non-hydrogen) atoms. The van der Waals surface area contributed by atoms with E-state index in [9.17, 15) is 10.1 Å². The van der Waals surface area contributed by atoms with E-state index in [-0.39, 0.29) is 12.1 Å². The van der Waals surface area contributed by atoms with Gasteiger partial charge in [0.05, 0.1) is 6.61 Å². The first-order valence-corrected chi connectivity index (χ1v) is 9.63. The van der Waals surface area contributed by atoms with Crippen LogP contribution in [0.3, 0.4) is 0 Å².